The van der Waals surface area contributed by atoms with Crippen LogP contribution in [-0.4, -0.2) is 6.61 Å². The van der Waals surface area contributed by atoms with Gasteiger partial charge in [-0.2, -0.15) is 0 Å². The minimum absolute atomic E-state index is 0.501. The number of benzene rings is 1. The predicted molar refractivity (Wildman–Crippen MR) is 54.2 cm³/mol. The predicted octanol–water partition coefficient (Wildman–Crippen LogP) is 2.60. The summed E-state index contributed by atoms with van der Waals surface area (Å²) in [5, 5.41) is 0. The molecule has 3 heteroatoms. The molecule has 0 saturated heterocycles. The summed E-state index contributed by atoms with van der Waals surface area (Å²) < 4.78 is 6.15. The number of halogens is 1. The summed E-state index contributed by atoms with van der Waals surface area (Å²) in [5.74, 6) is 0.760. The second kappa shape index (κ2) is 4.16. The summed E-state index contributed by atoms with van der Waals surface area (Å²) in [6.07, 6.45) is 1.69. The standard InChI is InChI=1S/C9H10BrNO/c1-2-5-12-7-3-4-8(10)9(11)6-7/h2-4,6H,1,5,11H2. The lowest BCUT2D eigenvalue weighted by Crippen LogP contribution is -1.94. The van der Waals surface area contributed by atoms with Crippen LogP contribution in [0.1, 0.15) is 0 Å². The molecule has 0 atom stereocenters. The first-order chi connectivity index (χ1) is 5.74. The Bertz CT molecular complexity index is 286. The summed E-state index contributed by atoms with van der Waals surface area (Å²) in [4.78, 5) is 0. The maximum atomic E-state index is 5.64. The maximum absolute atomic E-state index is 5.64. The number of hydrogen-bond acceptors (Lipinski definition) is 2. The van der Waals surface area contributed by atoms with Gasteiger partial charge in [0, 0.05) is 16.2 Å². The first-order valence-corrected chi connectivity index (χ1v) is 4.32. The van der Waals surface area contributed by atoms with Gasteiger partial charge in [-0.1, -0.05) is 12.7 Å². The van der Waals surface area contributed by atoms with Gasteiger partial charge in [0.25, 0.3) is 0 Å². The number of anilines is 1. The monoisotopic (exact) mass is 227 g/mol. The molecule has 0 unspecified atom stereocenters. The maximum Gasteiger partial charge on any atom is 0.121 e. The average Bonchev–Trinajstić information content (AvgIpc) is 2.07. The second-order valence-corrected chi connectivity index (χ2v) is 3.14. The van der Waals surface area contributed by atoms with Crippen molar-refractivity contribution in [1.82, 2.24) is 0 Å². The van der Waals surface area contributed by atoms with Crippen LogP contribution in [0.25, 0.3) is 0 Å². The zero-order valence-electron chi connectivity index (χ0n) is 6.59. The average molecular weight is 228 g/mol. The Morgan fingerprint density at radius 1 is 1.58 bits per heavy atom. The van der Waals surface area contributed by atoms with E-state index < -0.39 is 0 Å². The van der Waals surface area contributed by atoms with Crippen molar-refractivity contribution in [2.24, 2.45) is 0 Å². The molecule has 0 amide bonds. The van der Waals surface area contributed by atoms with Crippen LogP contribution >= 0.6 is 15.9 Å². The molecule has 1 aromatic carbocycles. The third-order valence-corrected chi connectivity index (χ3v) is 2.06. The van der Waals surface area contributed by atoms with Crippen LogP contribution in [0.2, 0.25) is 0 Å². The summed E-state index contributed by atoms with van der Waals surface area (Å²) in [6.45, 7) is 4.05. The van der Waals surface area contributed by atoms with Crippen LogP contribution in [0.4, 0.5) is 5.69 Å². The van der Waals surface area contributed by atoms with Crippen LogP contribution in [0, 0.1) is 0 Å². The van der Waals surface area contributed by atoms with Crippen LogP contribution in [0.15, 0.2) is 35.3 Å². The molecule has 0 radical (unpaired) electrons. The molecule has 0 spiro atoms. The quantitative estimate of drug-likeness (QED) is 0.637. The van der Waals surface area contributed by atoms with E-state index in [0.717, 1.165) is 10.2 Å². The van der Waals surface area contributed by atoms with Crippen LogP contribution in [0.5, 0.6) is 5.75 Å². The highest BCUT2D eigenvalue weighted by Crippen LogP contribution is 2.24. The Hall–Kier alpha value is -0.960. The number of rotatable bonds is 3. The van der Waals surface area contributed by atoms with Gasteiger partial charge >= 0.3 is 0 Å². The van der Waals surface area contributed by atoms with Crippen molar-refractivity contribution in [2.45, 2.75) is 0 Å². The number of ether oxygens (including phenoxy) is 1. The van der Waals surface area contributed by atoms with E-state index in [2.05, 4.69) is 22.5 Å². The van der Waals surface area contributed by atoms with E-state index in [1.807, 2.05) is 12.1 Å². The zero-order valence-corrected chi connectivity index (χ0v) is 8.17. The van der Waals surface area contributed by atoms with E-state index >= 15 is 0 Å². The van der Waals surface area contributed by atoms with Gasteiger partial charge in [0.2, 0.25) is 0 Å². The van der Waals surface area contributed by atoms with Crippen molar-refractivity contribution >= 4 is 21.6 Å². The molecule has 0 bridgehead atoms. The van der Waals surface area contributed by atoms with Gasteiger partial charge in [-0.15, -0.1) is 0 Å². The third-order valence-electron chi connectivity index (χ3n) is 1.34. The van der Waals surface area contributed by atoms with E-state index in [0.29, 0.717) is 12.3 Å². The number of nitrogens with two attached hydrogens (primary N) is 1. The molecule has 1 aromatic rings. The van der Waals surface area contributed by atoms with Crippen molar-refractivity contribution in [2.75, 3.05) is 12.3 Å². The Balaban J connectivity index is 2.75. The van der Waals surface area contributed by atoms with Crippen LogP contribution in [0.3, 0.4) is 0 Å². The van der Waals surface area contributed by atoms with Gasteiger partial charge in [-0.05, 0) is 28.1 Å². The Labute approximate surface area is 80.2 Å². The summed E-state index contributed by atoms with van der Waals surface area (Å²) >= 11 is 3.30. The molecule has 0 heterocycles. The molecule has 1 rings (SSSR count). The Morgan fingerprint density at radius 3 is 2.92 bits per heavy atom. The zero-order chi connectivity index (χ0) is 8.97. The fraction of sp³-hybridized carbons (Fsp3) is 0.111. The van der Waals surface area contributed by atoms with Gasteiger partial charge in [0.15, 0.2) is 0 Å². The SMILES string of the molecule is C=CCOc1ccc(Br)c(N)c1. The number of hydrogen-bond donors (Lipinski definition) is 1. The van der Waals surface area contributed by atoms with E-state index in [4.69, 9.17) is 10.5 Å². The van der Waals surface area contributed by atoms with Gasteiger partial charge in [0.05, 0.1) is 0 Å². The number of nitrogen functional groups attached to an aromatic ring is 1. The lowest BCUT2D eigenvalue weighted by molar-refractivity contribution is 0.363. The van der Waals surface area contributed by atoms with Crippen LogP contribution < -0.4 is 10.5 Å². The van der Waals surface area contributed by atoms with E-state index in [-0.39, 0.29) is 0 Å². The Morgan fingerprint density at radius 2 is 2.33 bits per heavy atom. The third kappa shape index (κ3) is 2.27. The molecule has 64 valence electrons. The fourth-order valence-electron chi connectivity index (χ4n) is 0.767. The van der Waals surface area contributed by atoms with E-state index in [1.54, 1.807) is 12.1 Å². The molecule has 0 fully saturated rings. The highest BCUT2D eigenvalue weighted by molar-refractivity contribution is 9.10. The Kier molecular flexibility index (Phi) is 3.17. The summed E-state index contributed by atoms with van der Waals surface area (Å²) in [5.41, 5.74) is 6.32. The van der Waals surface area contributed by atoms with Gasteiger partial charge in [-0.25, -0.2) is 0 Å². The van der Waals surface area contributed by atoms with E-state index in [1.165, 1.54) is 0 Å². The molecule has 2 nitrogen and oxygen atoms in total. The first kappa shape index (κ1) is 9.13. The smallest absolute Gasteiger partial charge is 0.121 e. The topological polar surface area (TPSA) is 35.2 Å². The summed E-state index contributed by atoms with van der Waals surface area (Å²) in [7, 11) is 0. The highest BCUT2D eigenvalue weighted by atomic mass is 79.9. The molecular formula is C9H10BrNO. The summed E-state index contributed by atoms with van der Waals surface area (Å²) in [6, 6.07) is 5.48. The minimum atomic E-state index is 0.501. The fourth-order valence-corrected chi connectivity index (χ4v) is 1.01. The lowest BCUT2D eigenvalue weighted by Gasteiger charge is -2.04. The molecule has 0 aliphatic heterocycles. The lowest BCUT2D eigenvalue weighted by atomic mass is 10.3. The van der Waals surface area contributed by atoms with Crippen molar-refractivity contribution in [1.29, 1.82) is 0 Å². The first-order valence-electron chi connectivity index (χ1n) is 3.52. The molecule has 12 heavy (non-hydrogen) atoms. The largest absolute Gasteiger partial charge is 0.489 e. The molecule has 0 aliphatic carbocycles. The van der Waals surface area contributed by atoms with E-state index in [9.17, 15) is 0 Å². The normalized spacial score (nSPS) is 9.42. The minimum Gasteiger partial charge on any atom is -0.489 e. The van der Waals surface area contributed by atoms with Crippen LogP contribution in [-0.2, 0) is 0 Å². The highest BCUT2D eigenvalue weighted by Gasteiger charge is 1.96. The van der Waals surface area contributed by atoms with Crippen molar-refractivity contribution in [3.8, 4) is 5.75 Å². The van der Waals surface area contributed by atoms with Gasteiger partial charge in [-0.3, -0.25) is 0 Å². The second-order valence-electron chi connectivity index (χ2n) is 2.28. The van der Waals surface area contributed by atoms with Crippen molar-refractivity contribution in [3.63, 3.8) is 0 Å². The molecule has 0 aromatic heterocycles. The van der Waals surface area contributed by atoms with Crippen molar-refractivity contribution < 1.29 is 4.74 Å². The molecule has 0 saturated carbocycles. The van der Waals surface area contributed by atoms with Gasteiger partial charge < -0.3 is 10.5 Å². The van der Waals surface area contributed by atoms with Gasteiger partial charge in [0.1, 0.15) is 12.4 Å². The molecule has 0 aliphatic rings. The van der Waals surface area contributed by atoms with Crippen molar-refractivity contribution in [3.05, 3.63) is 35.3 Å². The molecular weight excluding hydrogens is 218 g/mol. The molecule has 2 N–H and O–H groups in total.